The summed E-state index contributed by atoms with van der Waals surface area (Å²) in [5.41, 5.74) is 8.59. The van der Waals surface area contributed by atoms with Crippen molar-refractivity contribution in [3.8, 4) is 11.1 Å². The molecule has 0 aliphatic heterocycles. The van der Waals surface area contributed by atoms with Gasteiger partial charge in [-0.2, -0.15) is 0 Å². The molecular weight excluding hydrogens is 266 g/mol. The van der Waals surface area contributed by atoms with E-state index in [1.807, 2.05) is 26.0 Å². The van der Waals surface area contributed by atoms with Gasteiger partial charge in [-0.25, -0.2) is 0 Å². The summed E-state index contributed by atoms with van der Waals surface area (Å²) in [4.78, 5) is 4.48. The van der Waals surface area contributed by atoms with Gasteiger partial charge in [0.25, 0.3) is 0 Å². The van der Waals surface area contributed by atoms with Crippen LogP contribution in [-0.4, -0.2) is 21.3 Å². The second-order valence-electron chi connectivity index (χ2n) is 6.00. The summed E-state index contributed by atoms with van der Waals surface area (Å²) in [6.07, 6.45) is 4.81. The lowest BCUT2D eigenvalue weighted by Gasteiger charge is -2.34. The molecule has 0 saturated heterocycles. The Hall–Kier alpha value is -1.72. The average molecular weight is 287 g/mol. The van der Waals surface area contributed by atoms with Gasteiger partial charge in [0.1, 0.15) is 11.4 Å². The van der Waals surface area contributed by atoms with Crippen LogP contribution in [0.3, 0.4) is 0 Å². The molecule has 0 bridgehead atoms. The summed E-state index contributed by atoms with van der Waals surface area (Å²) in [6.45, 7) is 3.80. The Kier molecular flexibility index (Phi) is 3.55. The van der Waals surface area contributed by atoms with Crippen LogP contribution in [0.25, 0.3) is 11.1 Å². The van der Waals surface area contributed by atoms with Crippen LogP contribution < -0.4 is 5.73 Å². The third-order valence-electron chi connectivity index (χ3n) is 4.42. The number of rotatable bonds is 2. The molecule has 5 heteroatoms. The van der Waals surface area contributed by atoms with Crippen molar-refractivity contribution in [2.24, 2.45) is 5.73 Å². The molecule has 2 heterocycles. The second-order valence-corrected chi connectivity index (χ2v) is 6.00. The van der Waals surface area contributed by atoms with Gasteiger partial charge in [0, 0.05) is 23.4 Å². The molecule has 0 radical (unpaired) electrons. The third-order valence-corrected chi connectivity index (χ3v) is 4.42. The molecule has 21 heavy (non-hydrogen) atoms. The number of hydrogen-bond acceptors (Lipinski definition) is 5. The molecule has 2 aromatic heterocycles. The maximum atomic E-state index is 10.7. The highest BCUT2D eigenvalue weighted by atomic mass is 16.5. The highest BCUT2D eigenvalue weighted by molar-refractivity contribution is 5.66. The van der Waals surface area contributed by atoms with Crippen LogP contribution in [0.15, 0.2) is 22.9 Å². The molecule has 0 amide bonds. The molecule has 0 unspecified atom stereocenters. The molecule has 0 aromatic carbocycles. The van der Waals surface area contributed by atoms with Crippen molar-refractivity contribution < 1.29 is 9.63 Å². The van der Waals surface area contributed by atoms with Crippen molar-refractivity contribution in [1.29, 1.82) is 0 Å². The van der Waals surface area contributed by atoms with Gasteiger partial charge in [0.15, 0.2) is 0 Å². The van der Waals surface area contributed by atoms with Crippen LogP contribution in [0.5, 0.6) is 0 Å². The molecule has 112 valence electrons. The van der Waals surface area contributed by atoms with Crippen LogP contribution in [0, 0.1) is 13.8 Å². The van der Waals surface area contributed by atoms with Gasteiger partial charge in [-0.05, 0) is 45.6 Å². The van der Waals surface area contributed by atoms with E-state index in [9.17, 15) is 5.11 Å². The monoisotopic (exact) mass is 287 g/mol. The van der Waals surface area contributed by atoms with Gasteiger partial charge >= 0.3 is 0 Å². The van der Waals surface area contributed by atoms with Gasteiger partial charge in [-0.3, -0.25) is 4.98 Å². The molecule has 5 nitrogen and oxygen atoms in total. The lowest BCUT2D eigenvalue weighted by Crippen LogP contribution is -2.37. The van der Waals surface area contributed by atoms with Crippen molar-refractivity contribution in [2.45, 2.75) is 51.2 Å². The Morgan fingerprint density at radius 2 is 2.00 bits per heavy atom. The number of nitrogens with two attached hydrogens (primary N) is 1. The minimum Gasteiger partial charge on any atom is -0.384 e. The van der Waals surface area contributed by atoms with E-state index in [4.69, 9.17) is 10.3 Å². The molecule has 1 aliphatic rings. The highest BCUT2D eigenvalue weighted by Crippen LogP contribution is 2.36. The predicted molar refractivity (Wildman–Crippen MR) is 79.5 cm³/mol. The van der Waals surface area contributed by atoms with E-state index in [0.717, 1.165) is 41.1 Å². The molecule has 3 N–H and O–H groups in total. The second kappa shape index (κ2) is 5.24. The Morgan fingerprint density at radius 1 is 1.29 bits per heavy atom. The topological polar surface area (TPSA) is 85.2 Å². The number of aliphatic hydroxyl groups is 1. The van der Waals surface area contributed by atoms with Crippen LogP contribution >= 0.6 is 0 Å². The zero-order chi connectivity index (χ0) is 15.0. The summed E-state index contributed by atoms with van der Waals surface area (Å²) < 4.78 is 5.19. The van der Waals surface area contributed by atoms with Gasteiger partial charge in [0.05, 0.1) is 11.4 Å². The van der Waals surface area contributed by atoms with E-state index in [1.165, 1.54) is 0 Å². The Labute approximate surface area is 124 Å². The van der Waals surface area contributed by atoms with Crippen LogP contribution in [-0.2, 0) is 5.60 Å². The van der Waals surface area contributed by atoms with E-state index in [0.29, 0.717) is 12.8 Å². The zero-order valence-corrected chi connectivity index (χ0v) is 12.5. The summed E-state index contributed by atoms with van der Waals surface area (Å²) in [5.74, 6) is 0.782. The molecule has 3 rings (SSSR count). The first-order valence-corrected chi connectivity index (χ1v) is 7.37. The van der Waals surface area contributed by atoms with Crippen molar-refractivity contribution in [3.63, 3.8) is 0 Å². The molecule has 1 fully saturated rings. The summed E-state index contributed by atoms with van der Waals surface area (Å²) in [5, 5.41) is 14.7. The van der Waals surface area contributed by atoms with Gasteiger partial charge < -0.3 is 15.4 Å². The highest BCUT2D eigenvalue weighted by Gasteiger charge is 2.34. The molecule has 1 aliphatic carbocycles. The molecule has 2 aromatic rings. The Bertz CT molecular complexity index is 606. The Balaban J connectivity index is 1.88. The minimum absolute atomic E-state index is 0.201. The van der Waals surface area contributed by atoms with Crippen molar-refractivity contribution in [3.05, 3.63) is 35.5 Å². The quantitative estimate of drug-likeness (QED) is 0.886. The molecule has 1 saturated carbocycles. The fourth-order valence-electron chi connectivity index (χ4n) is 3.09. The summed E-state index contributed by atoms with van der Waals surface area (Å²) >= 11 is 0. The van der Waals surface area contributed by atoms with E-state index in [-0.39, 0.29) is 6.04 Å². The summed E-state index contributed by atoms with van der Waals surface area (Å²) in [6, 6.07) is 4.08. The standard InChI is InChI=1S/C16H21N3O2/c1-10-15(11(2)21-19-10)12-3-4-14(18-9-12)16(20)7-5-13(17)6-8-16/h3-4,9,13,20H,5-8,17H2,1-2H3. The largest absolute Gasteiger partial charge is 0.384 e. The van der Waals surface area contributed by atoms with E-state index < -0.39 is 5.60 Å². The van der Waals surface area contributed by atoms with Crippen molar-refractivity contribution in [2.75, 3.05) is 0 Å². The number of hydrogen-bond donors (Lipinski definition) is 2. The Morgan fingerprint density at radius 3 is 2.52 bits per heavy atom. The fraction of sp³-hybridized carbons (Fsp3) is 0.500. The minimum atomic E-state index is -0.840. The van der Waals surface area contributed by atoms with Crippen LogP contribution in [0.4, 0.5) is 0 Å². The first-order valence-electron chi connectivity index (χ1n) is 7.37. The van der Waals surface area contributed by atoms with E-state index >= 15 is 0 Å². The lowest BCUT2D eigenvalue weighted by molar-refractivity contribution is -0.00885. The molecular formula is C16H21N3O2. The fourth-order valence-corrected chi connectivity index (χ4v) is 3.09. The normalized spacial score (nSPS) is 26.0. The number of aryl methyl sites for hydroxylation is 2. The first-order chi connectivity index (χ1) is 9.99. The zero-order valence-electron chi connectivity index (χ0n) is 12.5. The van der Waals surface area contributed by atoms with Gasteiger partial charge in [-0.15, -0.1) is 0 Å². The van der Waals surface area contributed by atoms with Gasteiger partial charge in [-0.1, -0.05) is 11.2 Å². The summed E-state index contributed by atoms with van der Waals surface area (Å²) in [7, 11) is 0. The maximum Gasteiger partial charge on any atom is 0.141 e. The first kappa shape index (κ1) is 14.2. The van der Waals surface area contributed by atoms with Gasteiger partial charge in [0.2, 0.25) is 0 Å². The SMILES string of the molecule is Cc1noc(C)c1-c1ccc(C2(O)CCC(N)CC2)nc1. The predicted octanol–water partition coefficient (Wildman–Crippen LogP) is 2.44. The number of aromatic nitrogens is 2. The maximum absolute atomic E-state index is 10.7. The van der Waals surface area contributed by atoms with Crippen LogP contribution in [0.1, 0.15) is 42.8 Å². The van der Waals surface area contributed by atoms with Crippen molar-refractivity contribution in [1.82, 2.24) is 10.1 Å². The van der Waals surface area contributed by atoms with E-state index in [2.05, 4.69) is 10.1 Å². The van der Waals surface area contributed by atoms with E-state index in [1.54, 1.807) is 6.20 Å². The smallest absolute Gasteiger partial charge is 0.141 e. The average Bonchev–Trinajstić information content (AvgIpc) is 2.82. The lowest BCUT2D eigenvalue weighted by atomic mass is 9.80. The number of pyridine rings is 1. The van der Waals surface area contributed by atoms with Crippen molar-refractivity contribution >= 4 is 0 Å². The number of nitrogens with zero attached hydrogens (tertiary/aromatic N) is 2. The third kappa shape index (κ3) is 2.59. The van der Waals surface area contributed by atoms with Crippen LogP contribution in [0.2, 0.25) is 0 Å². The molecule has 0 atom stereocenters. The molecule has 0 spiro atoms.